The molecule has 31 heavy (non-hydrogen) atoms. The van der Waals surface area contributed by atoms with Gasteiger partial charge in [-0.25, -0.2) is 9.78 Å². The standard InChI is InChI=1S/C21H24FN7O2/c1-3-4-11-28-17-18(25-20(28)27-10-6-7-14(23)12-27)26(2)21(31)29(19(17)30)13-15-8-5-9-16(22)24-15/h5,8-9,14H,6-7,10-13,23H2,1-2H3. The molecule has 162 valence electrons. The Morgan fingerprint density at radius 3 is 2.77 bits per heavy atom. The second-order valence-electron chi connectivity index (χ2n) is 7.63. The molecule has 1 saturated heterocycles. The number of hydrogen-bond donors (Lipinski definition) is 1. The zero-order valence-corrected chi connectivity index (χ0v) is 17.5. The van der Waals surface area contributed by atoms with E-state index < -0.39 is 17.2 Å². The minimum Gasteiger partial charge on any atom is -0.341 e. The third-order valence-electron chi connectivity index (χ3n) is 5.46. The number of pyridine rings is 1. The first-order valence-electron chi connectivity index (χ1n) is 10.1. The van der Waals surface area contributed by atoms with Gasteiger partial charge in [0.2, 0.25) is 11.9 Å². The van der Waals surface area contributed by atoms with Gasteiger partial charge in [0.1, 0.15) is 0 Å². The summed E-state index contributed by atoms with van der Waals surface area (Å²) in [6.45, 7) is 3.19. The van der Waals surface area contributed by atoms with Crippen LogP contribution in [0.2, 0.25) is 0 Å². The van der Waals surface area contributed by atoms with Crippen molar-refractivity contribution in [1.29, 1.82) is 0 Å². The van der Waals surface area contributed by atoms with E-state index in [1.165, 1.54) is 16.7 Å². The monoisotopic (exact) mass is 425 g/mol. The summed E-state index contributed by atoms with van der Waals surface area (Å²) < 4.78 is 17.6. The fourth-order valence-electron chi connectivity index (χ4n) is 3.94. The van der Waals surface area contributed by atoms with Crippen molar-refractivity contribution >= 4 is 17.1 Å². The highest BCUT2D eigenvalue weighted by Crippen LogP contribution is 2.22. The lowest BCUT2D eigenvalue weighted by Crippen LogP contribution is -2.44. The van der Waals surface area contributed by atoms with Crippen LogP contribution in [0.3, 0.4) is 0 Å². The zero-order valence-electron chi connectivity index (χ0n) is 17.5. The molecule has 2 N–H and O–H groups in total. The molecule has 0 radical (unpaired) electrons. The summed E-state index contributed by atoms with van der Waals surface area (Å²) in [6, 6.07) is 4.28. The summed E-state index contributed by atoms with van der Waals surface area (Å²) in [6.07, 6.45) is 1.84. The smallest absolute Gasteiger partial charge is 0.332 e. The average molecular weight is 425 g/mol. The number of hydrogen-bond acceptors (Lipinski definition) is 6. The second-order valence-corrected chi connectivity index (χ2v) is 7.63. The van der Waals surface area contributed by atoms with Crippen molar-refractivity contribution in [3.63, 3.8) is 0 Å². The van der Waals surface area contributed by atoms with E-state index in [4.69, 9.17) is 5.73 Å². The maximum atomic E-state index is 13.5. The number of nitrogens with two attached hydrogens (primary N) is 1. The molecule has 1 fully saturated rings. The van der Waals surface area contributed by atoms with Crippen LogP contribution in [0.25, 0.3) is 11.2 Å². The van der Waals surface area contributed by atoms with E-state index in [2.05, 4.69) is 21.8 Å². The Labute approximate surface area is 177 Å². The number of imidazole rings is 1. The lowest BCUT2D eigenvalue weighted by molar-refractivity contribution is 0.496. The van der Waals surface area contributed by atoms with Crippen molar-refractivity contribution in [2.24, 2.45) is 12.8 Å². The van der Waals surface area contributed by atoms with Crippen LogP contribution in [0, 0.1) is 17.8 Å². The number of halogens is 1. The summed E-state index contributed by atoms with van der Waals surface area (Å²) in [5, 5.41) is 0. The third kappa shape index (κ3) is 3.84. The van der Waals surface area contributed by atoms with Crippen LogP contribution < -0.4 is 21.9 Å². The van der Waals surface area contributed by atoms with E-state index >= 15 is 0 Å². The quantitative estimate of drug-likeness (QED) is 0.480. The number of aryl methyl sites for hydroxylation is 1. The lowest BCUT2D eigenvalue weighted by Gasteiger charge is -2.31. The van der Waals surface area contributed by atoms with Crippen LogP contribution in [0.1, 0.15) is 25.5 Å². The number of anilines is 1. The molecule has 1 aliphatic heterocycles. The number of aromatic nitrogens is 5. The molecule has 0 spiro atoms. The summed E-state index contributed by atoms with van der Waals surface area (Å²) in [4.78, 5) is 36.8. The van der Waals surface area contributed by atoms with Crippen LogP contribution in [-0.4, -0.2) is 42.8 Å². The van der Waals surface area contributed by atoms with Gasteiger partial charge in [-0.05, 0) is 31.9 Å². The van der Waals surface area contributed by atoms with Gasteiger partial charge < -0.3 is 10.6 Å². The van der Waals surface area contributed by atoms with Crippen LogP contribution in [0.5, 0.6) is 0 Å². The van der Waals surface area contributed by atoms with Crippen LogP contribution in [-0.2, 0) is 20.1 Å². The Bertz CT molecular complexity index is 1310. The highest BCUT2D eigenvalue weighted by Gasteiger charge is 2.26. The van der Waals surface area contributed by atoms with E-state index in [1.807, 2.05) is 4.90 Å². The average Bonchev–Trinajstić information content (AvgIpc) is 3.13. The topological polar surface area (TPSA) is 104 Å². The molecule has 0 saturated carbocycles. The molecular formula is C21H24FN7O2. The number of rotatable bonds is 4. The van der Waals surface area contributed by atoms with E-state index in [-0.39, 0.29) is 36.0 Å². The Balaban J connectivity index is 1.93. The normalized spacial score (nSPS) is 16.4. The van der Waals surface area contributed by atoms with Gasteiger partial charge in [-0.2, -0.15) is 9.37 Å². The molecule has 0 amide bonds. The number of fused-ring (bicyclic) bond motifs is 1. The van der Waals surface area contributed by atoms with E-state index in [0.29, 0.717) is 12.5 Å². The van der Waals surface area contributed by atoms with Gasteiger partial charge in [-0.1, -0.05) is 12.0 Å². The predicted octanol–water partition coefficient (Wildman–Crippen LogP) is 0.430. The van der Waals surface area contributed by atoms with Gasteiger partial charge in [0.05, 0.1) is 18.8 Å². The first-order valence-corrected chi connectivity index (χ1v) is 10.1. The van der Waals surface area contributed by atoms with Gasteiger partial charge in [0.15, 0.2) is 11.2 Å². The predicted molar refractivity (Wildman–Crippen MR) is 115 cm³/mol. The van der Waals surface area contributed by atoms with Crippen LogP contribution >= 0.6 is 0 Å². The molecule has 1 aliphatic rings. The fourth-order valence-corrected chi connectivity index (χ4v) is 3.94. The Kier molecular flexibility index (Phi) is 5.61. The minimum absolute atomic E-state index is 0.0128. The number of nitrogens with zero attached hydrogens (tertiary/aromatic N) is 6. The molecule has 4 rings (SSSR count). The SMILES string of the molecule is CC#CCn1c(N2CCCC(N)C2)nc2c1c(=O)n(Cc1cccc(F)n1)c(=O)n2C. The minimum atomic E-state index is -0.671. The first kappa shape index (κ1) is 20.8. The van der Waals surface area contributed by atoms with Crippen LogP contribution in [0.15, 0.2) is 27.8 Å². The van der Waals surface area contributed by atoms with Crippen molar-refractivity contribution in [3.8, 4) is 11.8 Å². The van der Waals surface area contributed by atoms with Crippen molar-refractivity contribution in [1.82, 2.24) is 23.7 Å². The van der Waals surface area contributed by atoms with Gasteiger partial charge in [0, 0.05) is 26.2 Å². The maximum Gasteiger partial charge on any atom is 0.332 e. The molecule has 0 bridgehead atoms. The van der Waals surface area contributed by atoms with Gasteiger partial charge in [-0.15, -0.1) is 5.92 Å². The Morgan fingerprint density at radius 2 is 2.06 bits per heavy atom. The Morgan fingerprint density at radius 1 is 1.26 bits per heavy atom. The maximum absolute atomic E-state index is 13.5. The summed E-state index contributed by atoms with van der Waals surface area (Å²) in [5.74, 6) is 5.73. The molecule has 3 aromatic heterocycles. The zero-order chi connectivity index (χ0) is 22.1. The summed E-state index contributed by atoms with van der Waals surface area (Å²) >= 11 is 0. The lowest BCUT2D eigenvalue weighted by atomic mass is 10.1. The molecule has 1 unspecified atom stereocenters. The van der Waals surface area contributed by atoms with Crippen LogP contribution in [0.4, 0.5) is 10.3 Å². The number of piperidine rings is 1. The van der Waals surface area contributed by atoms with Crippen molar-refractivity contribution in [3.05, 3.63) is 50.7 Å². The molecule has 9 nitrogen and oxygen atoms in total. The summed E-state index contributed by atoms with van der Waals surface area (Å²) in [7, 11) is 1.56. The van der Waals surface area contributed by atoms with Gasteiger partial charge >= 0.3 is 5.69 Å². The van der Waals surface area contributed by atoms with Crippen molar-refractivity contribution in [2.75, 3.05) is 18.0 Å². The fraction of sp³-hybridized carbons (Fsp3) is 0.429. The molecular weight excluding hydrogens is 401 g/mol. The highest BCUT2D eigenvalue weighted by molar-refractivity contribution is 5.75. The molecule has 4 heterocycles. The molecule has 3 aromatic rings. The van der Waals surface area contributed by atoms with E-state index in [1.54, 1.807) is 24.6 Å². The van der Waals surface area contributed by atoms with Gasteiger partial charge in [-0.3, -0.25) is 18.5 Å². The molecule has 0 aromatic carbocycles. The largest absolute Gasteiger partial charge is 0.341 e. The highest BCUT2D eigenvalue weighted by atomic mass is 19.1. The molecule has 0 aliphatic carbocycles. The first-order chi connectivity index (χ1) is 14.9. The molecule has 10 heteroatoms. The van der Waals surface area contributed by atoms with Crippen molar-refractivity contribution < 1.29 is 4.39 Å². The Hall–Kier alpha value is -3.45. The molecule has 1 atom stereocenters. The van der Waals surface area contributed by atoms with E-state index in [0.717, 1.165) is 24.0 Å². The second kappa shape index (κ2) is 8.35. The third-order valence-corrected chi connectivity index (χ3v) is 5.46. The summed E-state index contributed by atoms with van der Waals surface area (Å²) in [5.41, 5.74) is 5.93. The van der Waals surface area contributed by atoms with E-state index in [9.17, 15) is 14.0 Å². The van der Waals surface area contributed by atoms with Crippen molar-refractivity contribution in [2.45, 2.75) is 38.9 Å². The van der Waals surface area contributed by atoms with Gasteiger partial charge in [0.25, 0.3) is 5.56 Å².